The lowest BCUT2D eigenvalue weighted by Crippen LogP contribution is -2.25. The zero-order valence-electron chi connectivity index (χ0n) is 8.78. The maximum absolute atomic E-state index is 4.00. The third kappa shape index (κ3) is 1.45. The molecule has 3 heteroatoms. The van der Waals surface area contributed by atoms with Crippen LogP contribution in [0.25, 0.3) is 10.9 Å². The lowest BCUT2D eigenvalue weighted by molar-refractivity contribution is 0.755. The predicted molar refractivity (Wildman–Crippen MR) is 59.6 cm³/mol. The Labute approximate surface area is 83.7 Å². The predicted octanol–water partition coefficient (Wildman–Crippen LogP) is 2.41. The largest absolute Gasteiger partial charge is 0.372 e. The van der Waals surface area contributed by atoms with E-state index >= 15 is 0 Å². The van der Waals surface area contributed by atoms with Gasteiger partial charge in [0.15, 0.2) is 0 Å². The van der Waals surface area contributed by atoms with Crippen molar-refractivity contribution in [3.8, 4) is 0 Å². The Kier molecular flexibility index (Phi) is 2.15. The molecule has 0 saturated carbocycles. The number of hydrogen-bond donors (Lipinski definition) is 1. The maximum atomic E-state index is 4.00. The van der Waals surface area contributed by atoms with Gasteiger partial charge in [-0.3, -0.25) is 5.10 Å². The van der Waals surface area contributed by atoms with Gasteiger partial charge in [-0.2, -0.15) is 5.10 Å². The first-order chi connectivity index (χ1) is 6.68. The summed E-state index contributed by atoms with van der Waals surface area (Å²) in [5.41, 5.74) is 2.31. The van der Waals surface area contributed by atoms with Gasteiger partial charge < -0.3 is 4.90 Å². The van der Waals surface area contributed by atoms with Crippen LogP contribution >= 0.6 is 0 Å². The van der Waals surface area contributed by atoms with Gasteiger partial charge >= 0.3 is 0 Å². The van der Waals surface area contributed by atoms with Gasteiger partial charge in [-0.05, 0) is 32.0 Å². The average molecular weight is 189 g/mol. The number of hydrogen-bond acceptors (Lipinski definition) is 2. The Morgan fingerprint density at radius 1 is 1.36 bits per heavy atom. The van der Waals surface area contributed by atoms with E-state index in [0.717, 1.165) is 10.9 Å². The Bertz CT molecular complexity index is 431. The Morgan fingerprint density at radius 3 is 2.86 bits per heavy atom. The molecule has 74 valence electrons. The molecule has 0 radical (unpaired) electrons. The second-order valence-corrected chi connectivity index (χ2v) is 3.85. The van der Waals surface area contributed by atoms with Crippen molar-refractivity contribution < 1.29 is 0 Å². The fraction of sp³-hybridized carbons (Fsp3) is 0.364. The second kappa shape index (κ2) is 3.33. The number of benzene rings is 1. The normalized spacial score (nSPS) is 11.1. The van der Waals surface area contributed by atoms with Gasteiger partial charge in [0.1, 0.15) is 0 Å². The summed E-state index contributed by atoms with van der Waals surface area (Å²) < 4.78 is 0. The third-order valence-corrected chi connectivity index (χ3v) is 2.61. The zero-order chi connectivity index (χ0) is 10.1. The molecule has 1 heterocycles. The van der Waals surface area contributed by atoms with E-state index in [2.05, 4.69) is 54.2 Å². The van der Waals surface area contributed by atoms with Gasteiger partial charge in [0.05, 0.1) is 11.7 Å². The number of rotatable bonds is 2. The molecule has 3 nitrogen and oxygen atoms in total. The number of nitrogens with zero attached hydrogens (tertiary/aromatic N) is 2. The zero-order valence-corrected chi connectivity index (χ0v) is 8.78. The molecule has 2 aromatic rings. The Morgan fingerprint density at radius 2 is 2.14 bits per heavy atom. The molecule has 1 aromatic carbocycles. The molecule has 0 amide bonds. The standard InChI is InChI=1S/C11H15N3/c1-8(2)14(3)10-5-4-9-7-12-13-11(9)6-10/h4-8H,1-3H3,(H,12,13). The van der Waals surface area contributed by atoms with Crippen LogP contribution < -0.4 is 4.90 Å². The minimum Gasteiger partial charge on any atom is -0.372 e. The first kappa shape index (κ1) is 9.06. The van der Waals surface area contributed by atoms with Gasteiger partial charge in [-0.15, -0.1) is 0 Å². The molecular weight excluding hydrogens is 174 g/mol. The molecular formula is C11H15N3. The number of anilines is 1. The molecule has 14 heavy (non-hydrogen) atoms. The summed E-state index contributed by atoms with van der Waals surface area (Å²) in [6.07, 6.45) is 1.84. The van der Waals surface area contributed by atoms with Gasteiger partial charge in [-0.25, -0.2) is 0 Å². The average Bonchev–Trinajstić information content (AvgIpc) is 2.62. The molecule has 0 unspecified atom stereocenters. The van der Waals surface area contributed by atoms with E-state index in [9.17, 15) is 0 Å². The molecule has 0 bridgehead atoms. The molecule has 0 atom stereocenters. The van der Waals surface area contributed by atoms with Crippen molar-refractivity contribution in [3.05, 3.63) is 24.4 Å². The molecule has 0 spiro atoms. The number of H-pyrrole nitrogens is 1. The maximum Gasteiger partial charge on any atom is 0.0670 e. The van der Waals surface area contributed by atoms with Crippen LogP contribution in [0.1, 0.15) is 13.8 Å². The van der Waals surface area contributed by atoms with Crippen molar-refractivity contribution in [3.63, 3.8) is 0 Å². The molecule has 0 aliphatic rings. The second-order valence-electron chi connectivity index (χ2n) is 3.85. The summed E-state index contributed by atoms with van der Waals surface area (Å²) in [6, 6.07) is 6.85. The molecule has 0 aliphatic heterocycles. The van der Waals surface area contributed by atoms with Crippen LogP contribution in [0.5, 0.6) is 0 Å². The third-order valence-electron chi connectivity index (χ3n) is 2.61. The highest BCUT2D eigenvalue weighted by molar-refractivity contribution is 5.81. The van der Waals surface area contributed by atoms with Crippen LogP contribution in [0.2, 0.25) is 0 Å². The van der Waals surface area contributed by atoms with Crippen molar-refractivity contribution in [1.29, 1.82) is 0 Å². The monoisotopic (exact) mass is 189 g/mol. The van der Waals surface area contributed by atoms with E-state index in [-0.39, 0.29) is 0 Å². The quantitative estimate of drug-likeness (QED) is 0.786. The number of aromatic amines is 1. The molecule has 0 fully saturated rings. The fourth-order valence-corrected chi connectivity index (χ4v) is 1.44. The van der Waals surface area contributed by atoms with Gasteiger partial charge in [0.2, 0.25) is 0 Å². The van der Waals surface area contributed by atoms with Crippen LogP contribution in [0.3, 0.4) is 0 Å². The highest BCUT2D eigenvalue weighted by Gasteiger charge is 2.05. The van der Waals surface area contributed by atoms with E-state index in [0.29, 0.717) is 6.04 Å². The van der Waals surface area contributed by atoms with Crippen molar-refractivity contribution in [1.82, 2.24) is 10.2 Å². The van der Waals surface area contributed by atoms with Crippen LogP contribution in [0.15, 0.2) is 24.4 Å². The van der Waals surface area contributed by atoms with E-state index in [1.54, 1.807) is 0 Å². The Hall–Kier alpha value is -1.51. The van der Waals surface area contributed by atoms with E-state index in [4.69, 9.17) is 0 Å². The molecule has 2 rings (SSSR count). The first-order valence-corrected chi connectivity index (χ1v) is 4.84. The molecule has 1 aromatic heterocycles. The van der Waals surface area contributed by atoms with Gasteiger partial charge in [0, 0.05) is 24.2 Å². The summed E-state index contributed by atoms with van der Waals surface area (Å²) >= 11 is 0. The highest BCUT2D eigenvalue weighted by Crippen LogP contribution is 2.20. The number of fused-ring (bicyclic) bond motifs is 1. The van der Waals surface area contributed by atoms with Crippen molar-refractivity contribution >= 4 is 16.6 Å². The summed E-state index contributed by atoms with van der Waals surface area (Å²) in [6.45, 7) is 4.36. The van der Waals surface area contributed by atoms with E-state index in [1.807, 2.05) is 6.20 Å². The smallest absolute Gasteiger partial charge is 0.0670 e. The Balaban J connectivity index is 2.43. The molecule has 0 saturated heterocycles. The van der Waals surface area contributed by atoms with Gasteiger partial charge in [-0.1, -0.05) is 0 Å². The van der Waals surface area contributed by atoms with E-state index in [1.165, 1.54) is 5.69 Å². The number of aromatic nitrogens is 2. The first-order valence-electron chi connectivity index (χ1n) is 4.84. The summed E-state index contributed by atoms with van der Waals surface area (Å²) in [5.74, 6) is 0. The van der Waals surface area contributed by atoms with E-state index < -0.39 is 0 Å². The van der Waals surface area contributed by atoms with Crippen molar-refractivity contribution in [2.24, 2.45) is 0 Å². The van der Waals surface area contributed by atoms with Crippen molar-refractivity contribution in [2.45, 2.75) is 19.9 Å². The molecule has 0 aliphatic carbocycles. The number of nitrogens with one attached hydrogen (secondary N) is 1. The fourth-order valence-electron chi connectivity index (χ4n) is 1.44. The topological polar surface area (TPSA) is 31.9 Å². The van der Waals surface area contributed by atoms with Crippen LogP contribution in [0.4, 0.5) is 5.69 Å². The minimum atomic E-state index is 0.510. The molecule has 1 N–H and O–H groups in total. The van der Waals surface area contributed by atoms with Gasteiger partial charge in [0.25, 0.3) is 0 Å². The summed E-state index contributed by atoms with van der Waals surface area (Å²) in [4.78, 5) is 2.24. The summed E-state index contributed by atoms with van der Waals surface area (Å²) in [5, 5.41) is 8.14. The SMILES string of the molecule is CC(C)N(C)c1ccc2cn[nH]c2c1. The van der Waals surface area contributed by atoms with Crippen LogP contribution in [-0.2, 0) is 0 Å². The highest BCUT2D eigenvalue weighted by atomic mass is 15.1. The summed E-state index contributed by atoms with van der Waals surface area (Å²) in [7, 11) is 2.10. The lowest BCUT2D eigenvalue weighted by Gasteiger charge is -2.23. The lowest BCUT2D eigenvalue weighted by atomic mass is 10.2. The van der Waals surface area contributed by atoms with Crippen molar-refractivity contribution in [2.75, 3.05) is 11.9 Å². The van der Waals surface area contributed by atoms with Crippen LogP contribution in [0, 0.1) is 0 Å². The van der Waals surface area contributed by atoms with Crippen LogP contribution in [-0.4, -0.2) is 23.3 Å². The minimum absolute atomic E-state index is 0.510.